The number of aromatic nitrogens is 2. The fourth-order valence-corrected chi connectivity index (χ4v) is 4.25. The Hall–Kier alpha value is -0.970. The molecule has 2 aliphatic heterocycles. The molecule has 1 aromatic carbocycles. The second-order valence-electron chi connectivity index (χ2n) is 6.11. The number of piperidine rings is 1. The Morgan fingerprint density at radius 3 is 2.76 bits per heavy atom. The minimum Gasteiger partial charge on any atom is -0.369 e. The van der Waals surface area contributed by atoms with Gasteiger partial charge in [0.25, 0.3) is 0 Å². The predicted octanol–water partition coefficient (Wildman–Crippen LogP) is 3.72. The summed E-state index contributed by atoms with van der Waals surface area (Å²) < 4.78 is 2.16. The third-order valence-corrected chi connectivity index (χ3v) is 5.64. The molecule has 4 nitrogen and oxygen atoms in total. The average Bonchev–Trinajstić information content (AvgIpc) is 3.02. The van der Waals surface area contributed by atoms with E-state index < -0.39 is 0 Å². The standard InChI is InChI=1S/C15H18Cl2N4/c16-11-7-13-14(8-12(11)17)21(15(18)19-13)10-3-5-20-4-1-2-9(20)6-10/h7-10H,1-6H2,(H2,18,19). The molecule has 112 valence electrons. The van der Waals surface area contributed by atoms with E-state index in [2.05, 4.69) is 14.5 Å². The average molecular weight is 325 g/mol. The highest BCUT2D eigenvalue weighted by Gasteiger charge is 2.33. The number of anilines is 1. The number of nitrogens with two attached hydrogens (primary N) is 1. The molecule has 0 amide bonds. The van der Waals surface area contributed by atoms with Crippen molar-refractivity contribution in [2.45, 2.75) is 37.8 Å². The Morgan fingerprint density at radius 2 is 1.90 bits per heavy atom. The molecule has 2 aliphatic rings. The first-order chi connectivity index (χ1) is 10.1. The number of benzene rings is 1. The summed E-state index contributed by atoms with van der Waals surface area (Å²) in [5.74, 6) is 0.569. The zero-order valence-corrected chi connectivity index (χ0v) is 13.2. The van der Waals surface area contributed by atoms with Gasteiger partial charge in [0.15, 0.2) is 0 Å². The maximum Gasteiger partial charge on any atom is 0.201 e. The third-order valence-electron chi connectivity index (χ3n) is 4.92. The number of imidazole rings is 1. The maximum absolute atomic E-state index is 6.17. The quantitative estimate of drug-likeness (QED) is 0.869. The van der Waals surface area contributed by atoms with E-state index in [-0.39, 0.29) is 0 Å². The van der Waals surface area contributed by atoms with Crippen LogP contribution in [-0.4, -0.2) is 33.6 Å². The molecule has 4 rings (SSSR count). The van der Waals surface area contributed by atoms with Crippen LogP contribution >= 0.6 is 23.2 Å². The Labute approximate surface area is 133 Å². The Bertz CT molecular complexity index is 697. The van der Waals surface area contributed by atoms with Gasteiger partial charge in [0.2, 0.25) is 5.95 Å². The predicted molar refractivity (Wildman–Crippen MR) is 87.0 cm³/mol. The fraction of sp³-hybridized carbons (Fsp3) is 0.533. The molecule has 2 fully saturated rings. The molecule has 0 saturated carbocycles. The van der Waals surface area contributed by atoms with Gasteiger partial charge in [-0.2, -0.15) is 0 Å². The number of nitrogens with zero attached hydrogens (tertiary/aromatic N) is 3. The van der Waals surface area contributed by atoms with Gasteiger partial charge in [0.05, 0.1) is 21.1 Å². The van der Waals surface area contributed by atoms with E-state index in [9.17, 15) is 0 Å². The molecule has 3 heterocycles. The molecule has 21 heavy (non-hydrogen) atoms. The first-order valence-corrected chi connectivity index (χ1v) is 8.25. The molecule has 0 bridgehead atoms. The van der Waals surface area contributed by atoms with Gasteiger partial charge >= 0.3 is 0 Å². The lowest BCUT2D eigenvalue weighted by molar-refractivity contribution is 0.158. The molecule has 1 aromatic heterocycles. The van der Waals surface area contributed by atoms with Crippen molar-refractivity contribution >= 4 is 40.2 Å². The summed E-state index contributed by atoms with van der Waals surface area (Å²) in [6.45, 7) is 2.40. The highest BCUT2D eigenvalue weighted by molar-refractivity contribution is 6.42. The van der Waals surface area contributed by atoms with Crippen LogP contribution in [0, 0.1) is 0 Å². The molecule has 0 spiro atoms. The molecule has 0 aliphatic carbocycles. The van der Waals surface area contributed by atoms with Crippen molar-refractivity contribution in [3.8, 4) is 0 Å². The van der Waals surface area contributed by atoms with Crippen LogP contribution < -0.4 is 5.73 Å². The lowest BCUT2D eigenvalue weighted by Crippen LogP contribution is -2.38. The van der Waals surface area contributed by atoms with E-state index in [1.54, 1.807) is 6.07 Å². The van der Waals surface area contributed by atoms with E-state index in [4.69, 9.17) is 28.9 Å². The Kier molecular flexibility index (Phi) is 3.28. The normalized spacial score (nSPS) is 26.4. The molecular weight excluding hydrogens is 307 g/mol. The number of fused-ring (bicyclic) bond motifs is 2. The monoisotopic (exact) mass is 324 g/mol. The Balaban J connectivity index is 1.75. The van der Waals surface area contributed by atoms with Crippen molar-refractivity contribution < 1.29 is 0 Å². The zero-order valence-electron chi connectivity index (χ0n) is 11.7. The van der Waals surface area contributed by atoms with Crippen molar-refractivity contribution in [3.63, 3.8) is 0 Å². The van der Waals surface area contributed by atoms with Crippen molar-refractivity contribution in [1.29, 1.82) is 0 Å². The van der Waals surface area contributed by atoms with Crippen LogP contribution in [0.25, 0.3) is 11.0 Å². The van der Waals surface area contributed by atoms with Gasteiger partial charge in [-0.3, -0.25) is 0 Å². The van der Waals surface area contributed by atoms with E-state index in [0.717, 1.165) is 30.4 Å². The van der Waals surface area contributed by atoms with Crippen molar-refractivity contribution in [1.82, 2.24) is 14.5 Å². The highest BCUT2D eigenvalue weighted by Crippen LogP contribution is 2.37. The third kappa shape index (κ3) is 2.20. The highest BCUT2D eigenvalue weighted by atomic mass is 35.5. The lowest BCUT2D eigenvalue weighted by Gasteiger charge is -2.35. The van der Waals surface area contributed by atoms with Gasteiger partial charge in [-0.15, -0.1) is 0 Å². The van der Waals surface area contributed by atoms with Gasteiger partial charge in [-0.05, 0) is 44.4 Å². The number of rotatable bonds is 1. The first kappa shape index (κ1) is 13.7. The number of halogens is 2. The summed E-state index contributed by atoms with van der Waals surface area (Å²) in [6.07, 6.45) is 4.89. The SMILES string of the molecule is Nc1nc2cc(Cl)c(Cl)cc2n1C1CCN2CCCC2C1. The van der Waals surface area contributed by atoms with Crippen LogP contribution in [-0.2, 0) is 0 Å². The molecule has 2 N–H and O–H groups in total. The summed E-state index contributed by atoms with van der Waals surface area (Å²) in [5, 5.41) is 1.09. The minimum absolute atomic E-state index is 0.409. The summed E-state index contributed by atoms with van der Waals surface area (Å²) in [7, 11) is 0. The van der Waals surface area contributed by atoms with Gasteiger partial charge < -0.3 is 15.2 Å². The summed E-state index contributed by atoms with van der Waals surface area (Å²) in [6, 6.07) is 4.80. The van der Waals surface area contributed by atoms with Crippen LogP contribution in [0.15, 0.2) is 12.1 Å². The molecule has 2 atom stereocenters. The smallest absolute Gasteiger partial charge is 0.201 e. The van der Waals surface area contributed by atoms with Gasteiger partial charge in [-0.1, -0.05) is 23.2 Å². The zero-order chi connectivity index (χ0) is 14.6. The molecular formula is C15H18Cl2N4. The summed E-state index contributed by atoms with van der Waals surface area (Å²) in [4.78, 5) is 7.07. The van der Waals surface area contributed by atoms with Crippen LogP contribution in [0.4, 0.5) is 5.95 Å². The lowest BCUT2D eigenvalue weighted by atomic mass is 9.97. The van der Waals surface area contributed by atoms with Crippen molar-refractivity contribution in [2.75, 3.05) is 18.8 Å². The van der Waals surface area contributed by atoms with E-state index in [1.807, 2.05) is 6.07 Å². The molecule has 2 unspecified atom stereocenters. The molecule has 6 heteroatoms. The maximum atomic E-state index is 6.17. The largest absolute Gasteiger partial charge is 0.369 e. The van der Waals surface area contributed by atoms with Crippen LogP contribution in [0.3, 0.4) is 0 Å². The van der Waals surface area contributed by atoms with Crippen molar-refractivity contribution in [2.24, 2.45) is 0 Å². The molecule has 0 radical (unpaired) electrons. The topological polar surface area (TPSA) is 47.1 Å². The van der Waals surface area contributed by atoms with Crippen molar-refractivity contribution in [3.05, 3.63) is 22.2 Å². The number of nitrogen functional groups attached to an aromatic ring is 1. The number of hydrogen-bond donors (Lipinski definition) is 1. The number of hydrogen-bond acceptors (Lipinski definition) is 3. The van der Waals surface area contributed by atoms with E-state index in [1.165, 1.54) is 19.4 Å². The Morgan fingerprint density at radius 1 is 1.10 bits per heavy atom. The molecule has 2 aromatic rings. The van der Waals surface area contributed by atoms with Gasteiger partial charge in [0, 0.05) is 18.6 Å². The van der Waals surface area contributed by atoms with E-state index >= 15 is 0 Å². The minimum atomic E-state index is 0.409. The fourth-order valence-electron chi connectivity index (χ4n) is 3.93. The van der Waals surface area contributed by atoms with Gasteiger partial charge in [0.1, 0.15) is 0 Å². The second-order valence-corrected chi connectivity index (χ2v) is 6.92. The molecule has 2 saturated heterocycles. The van der Waals surface area contributed by atoms with Crippen LogP contribution in [0.1, 0.15) is 31.7 Å². The van der Waals surface area contributed by atoms with Crippen LogP contribution in [0.5, 0.6) is 0 Å². The van der Waals surface area contributed by atoms with Crippen LogP contribution in [0.2, 0.25) is 10.0 Å². The second kappa shape index (κ2) is 5.04. The van der Waals surface area contributed by atoms with E-state index in [0.29, 0.717) is 28.1 Å². The van der Waals surface area contributed by atoms with Gasteiger partial charge in [-0.25, -0.2) is 4.98 Å². The summed E-state index contributed by atoms with van der Waals surface area (Å²) in [5.41, 5.74) is 8.00. The summed E-state index contributed by atoms with van der Waals surface area (Å²) >= 11 is 12.3. The first-order valence-electron chi connectivity index (χ1n) is 7.50.